The predicted octanol–water partition coefficient (Wildman–Crippen LogP) is 2.44. The number of carbonyl (C=O) groups is 1. The lowest BCUT2D eigenvalue weighted by molar-refractivity contribution is -0.121. The Bertz CT molecular complexity index is 1420. The zero-order valence-electron chi connectivity index (χ0n) is 17.5. The van der Waals surface area contributed by atoms with E-state index in [-0.39, 0.29) is 11.0 Å². The van der Waals surface area contributed by atoms with Gasteiger partial charge in [-0.25, -0.2) is 14.8 Å². The molecule has 1 amide bonds. The summed E-state index contributed by atoms with van der Waals surface area (Å²) in [4.78, 5) is 46.8. The number of carbonyl (C=O) groups excluding carboxylic acids is 1. The van der Waals surface area contributed by atoms with Crippen molar-refractivity contribution < 1.29 is 4.79 Å². The first-order valence-corrected chi connectivity index (χ1v) is 10.3. The van der Waals surface area contributed by atoms with E-state index in [1.807, 2.05) is 31.2 Å². The molecular weight excluding hydrogens is 430 g/mol. The van der Waals surface area contributed by atoms with Gasteiger partial charge in [-0.2, -0.15) is 0 Å². The summed E-state index contributed by atoms with van der Waals surface area (Å²) in [6.45, 7) is 1.88. The van der Waals surface area contributed by atoms with E-state index in [9.17, 15) is 14.4 Å². The minimum absolute atomic E-state index is 0.149. The third-order valence-electron chi connectivity index (χ3n) is 5.09. The highest BCUT2D eigenvalue weighted by Gasteiger charge is 2.16. The first-order valence-electron chi connectivity index (χ1n) is 9.88. The fraction of sp³-hybridized carbons (Fsp3) is 0.174. The molecule has 2 aromatic heterocycles. The van der Waals surface area contributed by atoms with Crippen LogP contribution >= 0.6 is 11.6 Å². The third kappa shape index (κ3) is 4.31. The molecule has 2 heterocycles. The normalized spacial score (nSPS) is 11.0. The number of halogens is 1. The molecule has 0 aliphatic rings. The Balaban J connectivity index is 1.62. The number of rotatable bonds is 5. The molecule has 4 rings (SSSR count). The maximum atomic E-state index is 12.9. The monoisotopic (exact) mass is 449 g/mol. The topological polar surface area (TPSA) is 98.9 Å². The summed E-state index contributed by atoms with van der Waals surface area (Å²) < 4.78 is 2.13. The molecule has 9 heteroatoms. The van der Waals surface area contributed by atoms with E-state index in [1.54, 1.807) is 24.3 Å². The van der Waals surface area contributed by atoms with Gasteiger partial charge in [-0.3, -0.25) is 18.7 Å². The molecule has 0 aliphatic heterocycles. The number of aromatic nitrogens is 4. The van der Waals surface area contributed by atoms with E-state index >= 15 is 0 Å². The van der Waals surface area contributed by atoms with Crippen molar-refractivity contribution in [3.8, 4) is 11.4 Å². The second kappa shape index (κ2) is 8.76. The lowest BCUT2D eigenvalue weighted by Gasteiger charge is -2.11. The molecule has 0 unspecified atom stereocenters. The van der Waals surface area contributed by atoms with Crippen LogP contribution in [0.15, 0.2) is 64.3 Å². The quantitative estimate of drug-likeness (QED) is 0.504. The van der Waals surface area contributed by atoms with Gasteiger partial charge in [0.2, 0.25) is 5.91 Å². The second-order valence-electron chi connectivity index (χ2n) is 7.43. The second-order valence-corrected chi connectivity index (χ2v) is 7.87. The van der Waals surface area contributed by atoms with Crippen molar-refractivity contribution in [2.45, 2.75) is 20.0 Å². The first kappa shape index (κ1) is 21.5. The number of hydrogen-bond donors (Lipinski definition) is 1. The van der Waals surface area contributed by atoms with Gasteiger partial charge in [-0.05, 0) is 36.8 Å². The Morgan fingerprint density at radius 2 is 1.75 bits per heavy atom. The van der Waals surface area contributed by atoms with E-state index in [4.69, 9.17) is 11.6 Å². The van der Waals surface area contributed by atoms with Crippen LogP contribution in [0.1, 0.15) is 11.1 Å². The standard InChI is InChI=1S/C23H20ClN5O3/c1-14-3-5-15(6-4-14)11-25-19(30)13-29-22(31)18-12-26-20(16-7-9-17(24)10-8-16)27-21(18)28(2)23(29)32/h3-10,12H,11,13H2,1-2H3,(H,25,30). The van der Waals surface area contributed by atoms with Gasteiger partial charge in [0.25, 0.3) is 5.56 Å². The lowest BCUT2D eigenvalue weighted by Crippen LogP contribution is -2.43. The smallest absolute Gasteiger partial charge is 0.332 e. The SMILES string of the molecule is Cc1ccc(CNC(=O)Cn2c(=O)c3cnc(-c4ccc(Cl)cc4)nc3n(C)c2=O)cc1. The van der Waals surface area contributed by atoms with Crippen LogP contribution in [-0.4, -0.2) is 25.0 Å². The van der Waals surface area contributed by atoms with Crippen molar-refractivity contribution in [3.63, 3.8) is 0 Å². The summed E-state index contributed by atoms with van der Waals surface area (Å²) in [6.07, 6.45) is 1.37. The third-order valence-corrected chi connectivity index (χ3v) is 5.35. The number of hydrogen-bond acceptors (Lipinski definition) is 5. The van der Waals surface area contributed by atoms with Gasteiger partial charge >= 0.3 is 5.69 Å². The summed E-state index contributed by atoms with van der Waals surface area (Å²) >= 11 is 5.92. The van der Waals surface area contributed by atoms with Gasteiger partial charge in [0.1, 0.15) is 11.9 Å². The van der Waals surface area contributed by atoms with Gasteiger partial charge in [-0.1, -0.05) is 41.4 Å². The highest BCUT2D eigenvalue weighted by molar-refractivity contribution is 6.30. The molecule has 0 aliphatic carbocycles. The van der Waals surface area contributed by atoms with E-state index in [2.05, 4.69) is 15.3 Å². The Morgan fingerprint density at radius 1 is 1.06 bits per heavy atom. The van der Waals surface area contributed by atoms with Gasteiger partial charge in [-0.15, -0.1) is 0 Å². The molecule has 1 N–H and O–H groups in total. The van der Waals surface area contributed by atoms with Crippen LogP contribution in [0, 0.1) is 6.92 Å². The van der Waals surface area contributed by atoms with Crippen LogP contribution in [0.2, 0.25) is 5.02 Å². The summed E-state index contributed by atoms with van der Waals surface area (Å²) in [5.41, 5.74) is 1.68. The number of fused-ring (bicyclic) bond motifs is 1. The van der Waals surface area contributed by atoms with Gasteiger partial charge in [0.15, 0.2) is 11.5 Å². The maximum Gasteiger partial charge on any atom is 0.332 e. The number of benzene rings is 2. The Morgan fingerprint density at radius 3 is 2.44 bits per heavy atom. The molecule has 162 valence electrons. The zero-order chi connectivity index (χ0) is 22.8. The number of nitrogens with one attached hydrogen (secondary N) is 1. The summed E-state index contributed by atoms with van der Waals surface area (Å²) in [5, 5.41) is 3.46. The number of nitrogens with zero attached hydrogens (tertiary/aromatic N) is 4. The van der Waals surface area contributed by atoms with Crippen LogP contribution in [0.5, 0.6) is 0 Å². The minimum atomic E-state index is -0.631. The van der Waals surface area contributed by atoms with Gasteiger partial charge in [0, 0.05) is 30.4 Å². The van der Waals surface area contributed by atoms with Gasteiger partial charge in [0.05, 0.1) is 0 Å². The summed E-state index contributed by atoms with van der Waals surface area (Å²) in [7, 11) is 1.50. The Hall–Kier alpha value is -3.78. The van der Waals surface area contributed by atoms with Crippen molar-refractivity contribution in [1.82, 2.24) is 24.4 Å². The molecule has 2 aromatic carbocycles. The molecule has 0 saturated heterocycles. The molecule has 0 fully saturated rings. The summed E-state index contributed by atoms with van der Waals surface area (Å²) in [5.74, 6) is -0.0833. The predicted molar refractivity (Wildman–Crippen MR) is 123 cm³/mol. The van der Waals surface area contributed by atoms with Crippen LogP contribution in [0.3, 0.4) is 0 Å². The number of aryl methyl sites for hydroxylation is 2. The van der Waals surface area contributed by atoms with E-state index in [0.717, 1.165) is 15.7 Å². The van der Waals surface area contributed by atoms with E-state index < -0.39 is 23.7 Å². The molecule has 0 atom stereocenters. The van der Waals surface area contributed by atoms with Crippen LogP contribution in [0.25, 0.3) is 22.4 Å². The zero-order valence-corrected chi connectivity index (χ0v) is 18.3. The van der Waals surface area contributed by atoms with Crippen LogP contribution < -0.4 is 16.6 Å². The van der Waals surface area contributed by atoms with Crippen molar-refractivity contribution in [3.05, 3.63) is 91.7 Å². The van der Waals surface area contributed by atoms with E-state index in [0.29, 0.717) is 23.0 Å². The maximum absolute atomic E-state index is 12.9. The van der Waals surface area contributed by atoms with Crippen molar-refractivity contribution in [2.24, 2.45) is 7.05 Å². The molecule has 8 nitrogen and oxygen atoms in total. The average molecular weight is 450 g/mol. The lowest BCUT2D eigenvalue weighted by atomic mass is 10.1. The van der Waals surface area contributed by atoms with Crippen LogP contribution in [0.4, 0.5) is 0 Å². The number of amides is 1. The Labute approximate surface area is 188 Å². The molecule has 32 heavy (non-hydrogen) atoms. The molecule has 0 radical (unpaired) electrons. The van der Waals surface area contributed by atoms with Gasteiger partial charge < -0.3 is 5.32 Å². The molecule has 0 saturated carbocycles. The molecular formula is C23H20ClN5O3. The largest absolute Gasteiger partial charge is 0.350 e. The van der Waals surface area contributed by atoms with Crippen molar-refractivity contribution in [1.29, 1.82) is 0 Å². The first-order chi connectivity index (χ1) is 15.3. The van der Waals surface area contributed by atoms with E-state index in [1.165, 1.54) is 17.8 Å². The molecule has 4 aromatic rings. The van der Waals surface area contributed by atoms with Crippen LogP contribution in [-0.2, 0) is 24.9 Å². The van der Waals surface area contributed by atoms with Crippen molar-refractivity contribution in [2.75, 3.05) is 0 Å². The highest BCUT2D eigenvalue weighted by Crippen LogP contribution is 2.19. The molecule has 0 spiro atoms. The average Bonchev–Trinajstić information content (AvgIpc) is 2.80. The Kier molecular flexibility index (Phi) is 5.87. The fourth-order valence-corrected chi connectivity index (χ4v) is 3.39. The fourth-order valence-electron chi connectivity index (χ4n) is 3.27. The minimum Gasteiger partial charge on any atom is -0.350 e. The van der Waals surface area contributed by atoms with Crippen molar-refractivity contribution >= 4 is 28.5 Å². The summed E-state index contributed by atoms with van der Waals surface area (Å²) in [6, 6.07) is 14.6. The highest BCUT2D eigenvalue weighted by atomic mass is 35.5. The molecule has 0 bridgehead atoms.